The summed E-state index contributed by atoms with van der Waals surface area (Å²) >= 11 is 7.82. The summed E-state index contributed by atoms with van der Waals surface area (Å²) < 4.78 is 7.62. The van der Waals surface area contributed by atoms with Gasteiger partial charge in [0.25, 0.3) is 0 Å². The van der Waals surface area contributed by atoms with E-state index < -0.39 is 0 Å². The number of thioether (sulfide) groups is 1. The third-order valence-electron chi connectivity index (χ3n) is 3.67. The van der Waals surface area contributed by atoms with Crippen molar-refractivity contribution >= 4 is 23.4 Å². The summed E-state index contributed by atoms with van der Waals surface area (Å²) in [6, 6.07) is 9.88. The van der Waals surface area contributed by atoms with Crippen LogP contribution in [0.15, 0.2) is 39.9 Å². The molecule has 0 bridgehead atoms. The highest BCUT2D eigenvalue weighted by atomic mass is 35.5. The van der Waals surface area contributed by atoms with E-state index in [4.69, 9.17) is 16.0 Å². The lowest BCUT2D eigenvalue weighted by Gasteiger charge is -2.04. The maximum atomic E-state index is 6.18. The zero-order valence-electron chi connectivity index (χ0n) is 13.9. The molecule has 134 valence electrons. The standard InChI is InChI=1S/C16H18ClN5OS.ClH/c1-11-13(4-3-5-14(11)17)15-7-6-12(23-15)10-18-8-9-24-16-19-20-21-22(16)2;/h3-7,18H,8-10H2,1-2H3;1H. The fourth-order valence-electron chi connectivity index (χ4n) is 2.33. The number of hydrogen-bond donors (Lipinski definition) is 1. The van der Waals surface area contributed by atoms with Crippen molar-refractivity contribution in [2.45, 2.75) is 18.6 Å². The second-order valence-corrected chi connectivity index (χ2v) is 6.86. The molecule has 9 heteroatoms. The third-order valence-corrected chi connectivity index (χ3v) is 5.13. The quantitative estimate of drug-likeness (QED) is 0.419. The van der Waals surface area contributed by atoms with Gasteiger partial charge in [-0.3, -0.25) is 0 Å². The summed E-state index contributed by atoms with van der Waals surface area (Å²) in [5, 5.41) is 15.2. The van der Waals surface area contributed by atoms with Crippen molar-refractivity contribution in [1.29, 1.82) is 0 Å². The number of aryl methyl sites for hydroxylation is 1. The highest BCUT2D eigenvalue weighted by molar-refractivity contribution is 7.99. The van der Waals surface area contributed by atoms with Gasteiger partial charge in [-0.2, -0.15) is 0 Å². The fourth-order valence-corrected chi connectivity index (χ4v) is 3.29. The van der Waals surface area contributed by atoms with E-state index in [-0.39, 0.29) is 12.4 Å². The number of nitrogens with zero attached hydrogens (tertiary/aromatic N) is 4. The van der Waals surface area contributed by atoms with Crippen molar-refractivity contribution in [2.24, 2.45) is 7.05 Å². The van der Waals surface area contributed by atoms with Gasteiger partial charge in [0, 0.05) is 17.6 Å². The number of halogens is 2. The van der Waals surface area contributed by atoms with Crippen LogP contribution >= 0.6 is 23.4 Å². The van der Waals surface area contributed by atoms with Crippen molar-refractivity contribution in [3.8, 4) is 11.3 Å². The van der Waals surface area contributed by atoms with Crippen LogP contribution in [0.2, 0.25) is 5.02 Å². The first-order valence-electron chi connectivity index (χ1n) is 7.66. The van der Waals surface area contributed by atoms with Gasteiger partial charge in [0.15, 0.2) is 5.76 Å². The van der Waals surface area contributed by atoms with Gasteiger partial charge in [0.1, 0.15) is 12.3 Å². The van der Waals surface area contributed by atoms with Gasteiger partial charge < -0.3 is 22.1 Å². The van der Waals surface area contributed by atoms with Crippen molar-refractivity contribution in [3.05, 3.63) is 46.7 Å². The number of furan rings is 1. The first-order valence-corrected chi connectivity index (χ1v) is 9.02. The Morgan fingerprint density at radius 1 is 1.28 bits per heavy atom. The minimum Gasteiger partial charge on any atom is -1.00 e. The molecule has 0 aliphatic rings. The normalized spacial score (nSPS) is 10.7. The van der Waals surface area contributed by atoms with Crippen LogP contribution in [0.3, 0.4) is 0 Å². The molecule has 1 aromatic carbocycles. The van der Waals surface area contributed by atoms with E-state index in [1.165, 1.54) is 0 Å². The number of nitrogens with two attached hydrogens (primary N) is 1. The molecule has 3 rings (SSSR count). The van der Waals surface area contributed by atoms with E-state index in [1.54, 1.807) is 16.4 Å². The van der Waals surface area contributed by atoms with Crippen LogP contribution in [-0.4, -0.2) is 32.5 Å². The zero-order chi connectivity index (χ0) is 16.9. The molecule has 0 fully saturated rings. The molecule has 0 radical (unpaired) electrons. The third kappa shape index (κ3) is 4.98. The Morgan fingerprint density at radius 2 is 2.12 bits per heavy atom. The minimum absolute atomic E-state index is 0. The van der Waals surface area contributed by atoms with Crippen molar-refractivity contribution < 1.29 is 22.1 Å². The van der Waals surface area contributed by atoms with E-state index in [9.17, 15) is 0 Å². The SMILES string of the molecule is Cc1c(Cl)cccc1-c1ccc(C[NH2+]CCSc2nnnn2C)o1.[Cl-]. The second-order valence-electron chi connectivity index (χ2n) is 5.39. The largest absolute Gasteiger partial charge is 1.00 e. The van der Waals surface area contributed by atoms with Gasteiger partial charge in [0.2, 0.25) is 5.16 Å². The monoisotopic (exact) mass is 399 g/mol. The molecule has 0 saturated heterocycles. The van der Waals surface area contributed by atoms with Gasteiger partial charge in [0.05, 0.1) is 12.3 Å². The Hall–Kier alpha value is -1.54. The zero-order valence-corrected chi connectivity index (χ0v) is 16.3. The molecule has 25 heavy (non-hydrogen) atoms. The minimum atomic E-state index is 0. The van der Waals surface area contributed by atoms with E-state index in [0.717, 1.165) is 51.7 Å². The lowest BCUT2D eigenvalue weighted by Crippen LogP contribution is -3.00. The number of aromatic nitrogens is 4. The van der Waals surface area contributed by atoms with Crippen LogP contribution in [0.25, 0.3) is 11.3 Å². The molecule has 0 amide bonds. The summed E-state index contributed by atoms with van der Waals surface area (Å²) in [5.41, 5.74) is 2.08. The molecule has 2 N–H and O–H groups in total. The molecule has 0 aliphatic heterocycles. The van der Waals surface area contributed by atoms with E-state index in [2.05, 4.69) is 20.8 Å². The van der Waals surface area contributed by atoms with Crippen LogP contribution in [0.5, 0.6) is 0 Å². The van der Waals surface area contributed by atoms with Crippen molar-refractivity contribution in [2.75, 3.05) is 12.3 Å². The predicted molar refractivity (Wildman–Crippen MR) is 93.9 cm³/mol. The number of rotatable bonds is 7. The predicted octanol–water partition coefficient (Wildman–Crippen LogP) is -0.708. The Labute approximate surface area is 161 Å². The molecular formula is C16H19Cl2N5OS. The Bertz CT molecular complexity index is 820. The number of tetrazole rings is 1. The molecule has 0 saturated carbocycles. The summed E-state index contributed by atoms with van der Waals surface area (Å²) in [6.45, 7) is 3.77. The van der Waals surface area contributed by atoms with Gasteiger partial charge in [-0.15, -0.1) is 5.10 Å². The summed E-state index contributed by atoms with van der Waals surface area (Å²) in [6.07, 6.45) is 0. The fraction of sp³-hybridized carbons (Fsp3) is 0.312. The number of quaternary nitrogens is 1. The number of hydrogen-bond acceptors (Lipinski definition) is 5. The molecule has 2 aromatic heterocycles. The summed E-state index contributed by atoms with van der Waals surface area (Å²) in [7, 11) is 1.84. The first-order chi connectivity index (χ1) is 11.6. The van der Waals surface area contributed by atoms with Crippen molar-refractivity contribution in [3.63, 3.8) is 0 Å². The van der Waals surface area contributed by atoms with Crippen LogP contribution in [0.1, 0.15) is 11.3 Å². The molecule has 0 atom stereocenters. The van der Waals surface area contributed by atoms with Crippen LogP contribution < -0.4 is 17.7 Å². The molecule has 0 spiro atoms. The average Bonchev–Trinajstić information content (AvgIpc) is 3.19. The molecule has 3 aromatic rings. The van der Waals surface area contributed by atoms with Crippen LogP contribution in [0.4, 0.5) is 0 Å². The lowest BCUT2D eigenvalue weighted by atomic mass is 10.1. The van der Waals surface area contributed by atoms with E-state index in [1.807, 2.05) is 44.3 Å². The Kier molecular flexibility index (Phi) is 7.31. The topological polar surface area (TPSA) is 73.3 Å². The van der Waals surface area contributed by atoms with E-state index >= 15 is 0 Å². The molecule has 6 nitrogen and oxygen atoms in total. The van der Waals surface area contributed by atoms with Gasteiger partial charge in [-0.1, -0.05) is 35.5 Å². The van der Waals surface area contributed by atoms with Gasteiger partial charge in [-0.05, 0) is 41.1 Å². The number of benzene rings is 1. The van der Waals surface area contributed by atoms with Crippen LogP contribution in [0, 0.1) is 6.92 Å². The Morgan fingerprint density at radius 3 is 2.88 bits per heavy atom. The van der Waals surface area contributed by atoms with Crippen molar-refractivity contribution in [1.82, 2.24) is 20.2 Å². The summed E-state index contributed by atoms with van der Waals surface area (Å²) in [4.78, 5) is 0. The van der Waals surface area contributed by atoms with Gasteiger partial charge in [-0.25, -0.2) is 4.68 Å². The van der Waals surface area contributed by atoms with E-state index in [0.29, 0.717) is 0 Å². The lowest BCUT2D eigenvalue weighted by molar-refractivity contribution is -0.668. The maximum Gasteiger partial charge on any atom is 0.209 e. The Balaban J connectivity index is 0.00000225. The average molecular weight is 400 g/mol. The molecular weight excluding hydrogens is 381 g/mol. The molecule has 2 heterocycles. The first kappa shape index (κ1) is 19.8. The smallest absolute Gasteiger partial charge is 0.209 e. The molecule has 0 unspecified atom stereocenters. The second kappa shape index (κ2) is 9.24. The highest BCUT2D eigenvalue weighted by Gasteiger charge is 2.10. The van der Waals surface area contributed by atoms with Crippen LogP contribution in [-0.2, 0) is 13.6 Å². The van der Waals surface area contributed by atoms with Gasteiger partial charge >= 0.3 is 0 Å². The molecule has 0 aliphatic carbocycles. The summed E-state index contributed by atoms with van der Waals surface area (Å²) in [5.74, 6) is 2.75. The maximum absolute atomic E-state index is 6.18. The highest BCUT2D eigenvalue weighted by Crippen LogP contribution is 2.29.